The van der Waals surface area contributed by atoms with Crippen LogP contribution in [0.5, 0.6) is 17.2 Å². The van der Waals surface area contributed by atoms with Crippen molar-refractivity contribution in [2.75, 3.05) is 31.1 Å². The molecule has 0 unspecified atom stereocenters. The van der Waals surface area contributed by atoms with E-state index >= 15 is 0 Å². The number of carbonyl (C=O) groups is 2. The minimum Gasteiger partial charge on any atom is -0.497 e. The van der Waals surface area contributed by atoms with E-state index in [0.29, 0.717) is 39.8 Å². The van der Waals surface area contributed by atoms with Crippen LogP contribution in [-0.2, 0) is 0 Å². The van der Waals surface area contributed by atoms with E-state index in [2.05, 4.69) is 0 Å². The van der Waals surface area contributed by atoms with Crippen molar-refractivity contribution in [1.29, 1.82) is 0 Å². The Balaban J connectivity index is 1.76. The number of hydrogen-bond acceptors (Lipinski definition) is 5. The summed E-state index contributed by atoms with van der Waals surface area (Å²) in [6.07, 6.45) is -0.602. The number of ether oxygens (including phenoxy) is 3. The topological polar surface area (TPSA) is 68.3 Å². The van der Waals surface area contributed by atoms with Crippen molar-refractivity contribution < 1.29 is 23.8 Å². The Hall–Kier alpha value is -4.00. The maximum atomic E-state index is 13.8. The van der Waals surface area contributed by atoms with Gasteiger partial charge in [0, 0.05) is 22.9 Å². The van der Waals surface area contributed by atoms with E-state index in [1.807, 2.05) is 30.3 Å². The summed E-state index contributed by atoms with van der Waals surface area (Å²) in [5.74, 6) is 1.16. The maximum absolute atomic E-state index is 13.8. The first-order valence-corrected chi connectivity index (χ1v) is 9.75. The molecule has 1 atom stereocenters. The molecule has 2 amide bonds. The van der Waals surface area contributed by atoms with Crippen molar-refractivity contribution in [3.63, 3.8) is 0 Å². The first kappa shape index (κ1) is 19.0. The summed E-state index contributed by atoms with van der Waals surface area (Å²) < 4.78 is 16.1. The van der Waals surface area contributed by atoms with Crippen LogP contribution in [0.1, 0.15) is 32.4 Å². The zero-order valence-electron chi connectivity index (χ0n) is 17.3. The van der Waals surface area contributed by atoms with E-state index in [-0.39, 0.29) is 11.8 Å². The smallest absolute Gasteiger partial charge is 0.262 e. The Kier molecular flexibility index (Phi) is 4.32. The van der Waals surface area contributed by atoms with E-state index in [0.717, 1.165) is 5.56 Å². The van der Waals surface area contributed by atoms with Gasteiger partial charge in [0.25, 0.3) is 11.8 Å². The highest BCUT2D eigenvalue weighted by Crippen LogP contribution is 2.49. The van der Waals surface area contributed by atoms with Gasteiger partial charge in [-0.3, -0.25) is 19.4 Å². The van der Waals surface area contributed by atoms with Crippen LogP contribution in [0.25, 0.3) is 0 Å². The van der Waals surface area contributed by atoms with Crippen LogP contribution in [0.4, 0.5) is 11.4 Å². The number of methoxy groups -OCH3 is 3. The quantitative estimate of drug-likeness (QED) is 0.642. The molecule has 3 aromatic carbocycles. The number of rotatable bonds is 4. The SMILES string of the molecule is COc1ccc(N2C(=O)c3cc(OC)c(OC)cc3N3C(=O)c4ccccc4[C@H]23)cc1. The second kappa shape index (κ2) is 7.05. The predicted octanol–water partition coefficient (Wildman–Crippen LogP) is 4.03. The predicted molar refractivity (Wildman–Crippen MR) is 115 cm³/mol. The molecule has 0 spiro atoms. The number of anilines is 2. The van der Waals surface area contributed by atoms with Gasteiger partial charge in [0.1, 0.15) is 11.9 Å². The fourth-order valence-electron chi connectivity index (χ4n) is 4.27. The molecule has 7 nitrogen and oxygen atoms in total. The third-order valence-electron chi connectivity index (χ3n) is 5.74. The maximum Gasteiger partial charge on any atom is 0.262 e. The fourth-order valence-corrected chi connectivity index (χ4v) is 4.27. The number of amides is 2. The fraction of sp³-hybridized carbons (Fsp3) is 0.167. The second-order valence-electron chi connectivity index (χ2n) is 7.23. The number of fused-ring (bicyclic) bond motifs is 5. The zero-order chi connectivity index (χ0) is 21.7. The first-order chi connectivity index (χ1) is 15.1. The van der Waals surface area contributed by atoms with Crippen molar-refractivity contribution in [2.45, 2.75) is 6.17 Å². The van der Waals surface area contributed by atoms with Gasteiger partial charge in [-0.2, -0.15) is 0 Å². The van der Waals surface area contributed by atoms with Gasteiger partial charge in [-0.05, 0) is 36.4 Å². The molecule has 0 radical (unpaired) electrons. The van der Waals surface area contributed by atoms with Gasteiger partial charge in [-0.1, -0.05) is 18.2 Å². The lowest BCUT2D eigenvalue weighted by Gasteiger charge is -2.41. The minimum absolute atomic E-state index is 0.167. The summed E-state index contributed by atoms with van der Waals surface area (Å²) >= 11 is 0. The molecule has 0 fully saturated rings. The number of hydrogen-bond donors (Lipinski definition) is 0. The van der Waals surface area contributed by atoms with Gasteiger partial charge in [-0.15, -0.1) is 0 Å². The molecule has 0 bridgehead atoms. The van der Waals surface area contributed by atoms with Crippen molar-refractivity contribution >= 4 is 23.2 Å². The summed E-state index contributed by atoms with van der Waals surface area (Å²) in [6.45, 7) is 0. The summed E-state index contributed by atoms with van der Waals surface area (Å²) in [5, 5.41) is 0. The van der Waals surface area contributed by atoms with E-state index in [1.54, 1.807) is 47.2 Å². The van der Waals surface area contributed by atoms with Gasteiger partial charge >= 0.3 is 0 Å². The highest BCUT2D eigenvalue weighted by molar-refractivity contribution is 6.21. The summed E-state index contributed by atoms with van der Waals surface area (Å²) in [5.41, 5.74) is 2.87. The van der Waals surface area contributed by atoms with Crippen LogP contribution >= 0.6 is 0 Å². The highest BCUT2D eigenvalue weighted by atomic mass is 16.5. The van der Waals surface area contributed by atoms with Gasteiger partial charge in [0.05, 0.1) is 32.6 Å². The van der Waals surface area contributed by atoms with Crippen LogP contribution in [0.2, 0.25) is 0 Å². The molecule has 31 heavy (non-hydrogen) atoms. The molecule has 2 heterocycles. The van der Waals surface area contributed by atoms with E-state index in [1.165, 1.54) is 14.2 Å². The normalized spacial score (nSPS) is 16.5. The molecule has 0 aromatic heterocycles. The average molecular weight is 416 g/mol. The second-order valence-corrected chi connectivity index (χ2v) is 7.23. The Labute approximate surface area is 179 Å². The molecule has 3 aromatic rings. The molecule has 0 saturated carbocycles. The standard InChI is InChI=1S/C24H20N2O5/c1-29-15-10-8-14(9-11-15)25-22-16-6-4-5-7-17(16)23(27)26(22)19-13-21(31-3)20(30-2)12-18(19)24(25)28/h4-13,22H,1-3H3/t22-/m1/s1. The number of nitrogens with zero attached hydrogens (tertiary/aromatic N) is 2. The first-order valence-electron chi connectivity index (χ1n) is 9.75. The van der Waals surface area contributed by atoms with E-state index in [9.17, 15) is 9.59 Å². The Bertz CT molecular complexity index is 1210. The number of carbonyl (C=O) groups excluding carboxylic acids is 2. The Morgan fingerprint density at radius 2 is 1.35 bits per heavy atom. The molecule has 156 valence electrons. The van der Waals surface area contributed by atoms with Crippen molar-refractivity contribution in [2.24, 2.45) is 0 Å². The van der Waals surface area contributed by atoms with Crippen molar-refractivity contribution in [3.8, 4) is 17.2 Å². The van der Waals surface area contributed by atoms with Gasteiger partial charge < -0.3 is 14.2 Å². The zero-order valence-corrected chi connectivity index (χ0v) is 17.3. The van der Waals surface area contributed by atoms with Crippen LogP contribution in [0.15, 0.2) is 60.7 Å². The van der Waals surface area contributed by atoms with E-state index in [4.69, 9.17) is 14.2 Å². The Morgan fingerprint density at radius 3 is 2.03 bits per heavy atom. The summed E-state index contributed by atoms with van der Waals surface area (Å²) in [7, 11) is 4.62. The van der Waals surface area contributed by atoms with Crippen LogP contribution in [0, 0.1) is 0 Å². The molecular weight excluding hydrogens is 396 g/mol. The van der Waals surface area contributed by atoms with Gasteiger partial charge in [0.15, 0.2) is 11.5 Å². The molecule has 0 N–H and O–H groups in total. The molecule has 7 heteroatoms. The van der Waals surface area contributed by atoms with Gasteiger partial charge in [0.2, 0.25) is 0 Å². The van der Waals surface area contributed by atoms with Crippen molar-refractivity contribution in [1.82, 2.24) is 0 Å². The van der Waals surface area contributed by atoms with E-state index < -0.39 is 6.17 Å². The molecule has 2 aliphatic rings. The summed E-state index contributed by atoms with van der Waals surface area (Å²) in [4.78, 5) is 30.5. The third-order valence-corrected chi connectivity index (χ3v) is 5.74. The Morgan fingerprint density at radius 1 is 0.710 bits per heavy atom. The van der Waals surface area contributed by atoms with Crippen molar-refractivity contribution in [3.05, 3.63) is 77.4 Å². The number of benzene rings is 3. The molecule has 0 saturated heterocycles. The molecule has 0 aliphatic carbocycles. The molecular formula is C24H20N2O5. The lowest BCUT2D eigenvalue weighted by molar-refractivity contribution is 0.0948. The van der Waals surface area contributed by atoms with Gasteiger partial charge in [-0.25, -0.2) is 0 Å². The van der Waals surface area contributed by atoms with Crippen LogP contribution in [0.3, 0.4) is 0 Å². The third kappa shape index (κ3) is 2.66. The average Bonchev–Trinajstić information content (AvgIpc) is 3.11. The van der Waals surface area contributed by atoms with Crippen LogP contribution in [-0.4, -0.2) is 33.1 Å². The molecule has 5 rings (SSSR count). The summed E-state index contributed by atoms with van der Waals surface area (Å²) in [6, 6.07) is 17.9. The largest absolute Gasteiger partial charge is 0.497 e. The molecule has 2 aliphatic heterocycles. The minimum atomic E-state index is -0.602. The lowest BCUT2D eigenvalue weighted by atomic mass is 10.0. The monoisotopic (exact) mass is 416 g/mol. The van der Waals surface area contributed by atoms with Crippen LogP contribution < -0.4 is 24.0 Å². The lowest BCUT2D eigenvalue weighted by Crippen LogP contribution is -2.48. The highest BCUT2D eigenvalue weighted by Gasteiger charge is 2.48.